The van der Waals surface area contributed by atoms with E-state index in [1.807, 2.05) is 23.9 Å². The third-order valence-electron chi connectivity index (χ3n) is 2.47. The average molecular weight is 266 g/mol. The Bertz CT molecular complexity index is 497. The van der Waals surface area contributed by atoms with Crippen LogP contribution >= 0.6 is 11.6 Å². The first-order valence-corrected chi connectivity index (χ1v) is 6.32. The Morgan fingerprint density at radius 1 is 1.44 bits per heavy atom. The fraction of sp³-hybridized carbons (Fsp3) is 0.417. The Morgan fingerprint density at radius 3 is 2.94 bits per heavy atom. The normalized spacial score (nSPS) is 12.4. The molecule has 2 heterocycles. The van der Waals surface area contributed by atoms with Crippen LogP contribution in [0.25, 0.3) is 0 Å². The predicted molar refractivity (Wildman–Crippen MR) is 71.7 cm³/mol. The Labute approximate surface area is 111 Å². The van der Waals surface area contributed by atoms with E-state index in [-0.39, 0.29) is 6.04 Å². The van der Waals surface area contributed by atoms with Crippen molar-refractivity contribution < 1.29 is 0 Å². The lowest BCUT2D eigenvalue weighted by Crippen LogP contribution is -2.23. The molecule has 0 aliphatic rings. The fourth-order valence-electron chi connectivity index (χ4n) is 1.68. The average Bonchev–Trinajstić information content (AvgIpc) is 2.80. The first-order valence-electron chi connectivity index (χ1n) is 5.94. The van der Waals surface area contributed by atoms with Crippen LogP contribution in [0.1, 0.15) is 19.7 Å². The van der Waals surface area contributed by atoms with Gasteiger partial charge in [0.05, 0.1) is 6.54 Å². The molecule has 0 bridgehead atoms. The van der Waals surface area contributed by atoms with E-state index in [0.717, 1.165) is 24.6 Å². The van der Waals surface area contributed by atoms with E-state index in [1.54, 1.807) is 12.3 Å². The van der Waals surface area contributed by atoms with Gasteiger partial charge in [0.2, 0.25) is 0 Å². The van der Waals surface area contributed by atoms with Crippen LogP contribution in [-0.4, -0.2) is 25.8 Å². The molecule has 0 radical (unpaired) electrons. The highest BCUT2D eigenvalue weighted by molar-refractivity contribution is 6.29. The SMILES string of the molecule is CCc1nc(Cl)cc(NC(C)Cn2cccn2)n1. The topological polar surface area (TPSA) is 55.6 Å². The summed E-state index contributed by atoms with van der Waals surface area (Å²) >= 11 is 5.95. The highest BCUT2D eigenvalue weighted by Gasteiger charge is 2.06. The molecule has 1 N–H and O–H groups in total. The van der Waals surface area contributed by atoms with E-state index >= 15 is 0 Å². The van der Waals surface area contributed by atoms with Crippen molar-refractivity contribution in [3.8, 4) is 0 Å². The molecule has 0 aliphatic carbocycles. The third kappa shape index (κ3) is 3.43. The van der Waals surface area contributed by atoms with Crippen LogP contribution in [0.5, 0.6) is 0 Å². The Kier molecular flexibility index (Phi) is 4.15. The van der Waals surface area contributed by atoms with Gasteiger partial charge in [-0.1, -0.05) is 18.5 Å². The van der Waals surface area contributed by atoms with Gasteiger partial charge in [0, 0.05) is 30.9 Å². The number of hydrogen-bond donors (Lipinski definition) is 1. The van der Waals surface area contributed by atoms with Crippen molar-refractivity contribution in [1.29, 1.82) is 0 Å². The molecule has 0 amide bonds. The molecule has 0 saturated carbocycles. The van der Waals surface area contributed by atoms with Gasteiger partial charge in [-0.25, -0.2) is 9.97 Å². The number of anilines is 1. The number of nitrogens with zero attached hydrogens (tertiary/aromatic N) is 4. The van der Waals surface area contributed by atoms with Gasteiger partial charge in [-0.3, -0.25) is 4.68 Å². The molecule has 2 aromatic heterocycles. The summed E-state index contributed by atoms with van der Waals surface area (Å²) in [5, 5.41) is 7.93. The van der Waals surface area contributed by atoms with Crippen molar-refractivity contribution in [2.75, 3.05) is 5.32 Å². The molecule has 0 saturated heterocycles. The predicted octanol–water partition coefficient (Wildman–Crippen LogP) is 2.39. The number of halogens is 1. The maximum atomic E-state index is 5.95. The molecular weight excluding hydrogens is 250 g/mol. The number of aromatic nitrogens is 4. The molecule has 1 unspecified atom stereocenters. The lowest BCUT2D eigenvalue weighted by Gasteiger charge is -2.15. The minimum absolute atomic E-state index is 0.209. The van der Waals surface area contributed by atoms with Gasteiger partial charge < -0.3 is 5.32 Å². The van der Waals surface area contributed by atoms with Crippen LogP contribution < -0.4 is 5.32 Å². The molecule has 2 rings (SSSR count). The number of hydrogen-bond acceptors (Lipinski definition) is 4. The van der Waals surface area contributed by atoms with Crippen molar-refractivity contribution in [2.24, 2.45) is 0 Å². The lowest BCUT2D eigenvalue weighted by atomic mass is 10.3. The maximum absolute atomic E-state index is 5.95. The van der Waals surface area contributed by atoms with Crippen LogP contribution in [0.2, 0.25) is 5.15 Å². The van der Waals surface area contributed by atoms with Gasteiger partial charge >= 0.3 is 0 Å². The van der Waals surface area contributed by atoms with E-state index in [1.165, 1.54) is 0 Å². The van der Waals surface area contributed by atoms with Crippen LogP contribution in [0.3, 0.4) is 0 Å². The van der Waals surface area contributed by atoms with Gasteiger partial charge in [-0.05, 0) is 13.0 Å². The molecule has 18 heavy (non-hydrogen) atoms. The molecule has 1 atom stereocenters. The van der Waals surface area contributed by atoms with Gasteiger partial charge in [0.25, 0.3) is 0 Å². The van der Waals surface area contributed by atoms with Crippen molar-refractivity contribution in [2.45, 2.75) is 32.9 Å². The van der Waals surface area contributed by atoms with E-state index in [0.29, 0.717) is 5.15 Å². The van der Waals surface area contributed by atoms with Crippen molar-refractivity contribution in [1.82, 2.24) is 19.7 Å². The molecule has 5 nitrogen and oxygen atoms in total. The number of aryl methyl sites for hydroxylation is 1. The minimum atomic E-state index is 0.209. The Hall–Kier alpha value is -1.62. The zero-order chi connectivity index (χ0) is 13.0. The lowest BCUT2D eigenvalue weighted by molar-refractivity contribution is 0.559. The van der Waals surface area contributed by atoms with Crippen LogP contribution in [0, 0.1) is 0 Å². The largest absolute Gasteiger partial charge is 0.366 e. The third-order valence-corrected chi connectivity index (χ3v) is 2.67. The van der Waals surface area contributed by atoms with Crippen molar-refractivity contribution in [3.63, 3.8) is 0 Å². The van der Waals surface area contributed by atoms with Gasteiger partial charge in [-0.2, -0.15) is 5.10 Å². The summed E-state index contributed by atoms with van der Waals surface area (Å²) in [6.07, 6.45) is 4.47. The molecule has 96 valence electrons. The van der Waals surface area contributed by atoms with Gasteiger partial charge in [0.15, 0.2) is 0 Å². The Morgan fingerprint density at radius 2 is 2.28 bits per heavy atom. The fourth-order valence-corrected chi connectivity index (χ4v) is 1.88. The molecule has 0 aromatic carbocycles. The minimum Gasteiger partial charge on any atom is -0.366 e. The van der Waals surface area contributed by atoms with Crippen LogP contribution in [0.15, 0.2) is 24.5 Å². The quantitative estimate of drug-likeness (QED) is 0.844. The van der Waals surface area contributed by atoms with E-state index < -0.39 is 0 Å². The van der Waals surface area contributed by atoms with Crippen LogP contribution in [-0.2, 0) is 13.0 Å². The number of nitrogens with one attached hydrogen (secondary N) is 1. The standard InChI is InChI=1S/C12H16ClN5/c1-3-11-16-10(13)7-12(17-11)15-9(2)8-18-6-4-5-14-18/h4-7,9H,3,8H2,1-2H3,(H,15,16,17). The highest BCUT2D eigenvalue weighted by Crippen LogP contribution is 2.13. The van der Waals surface area contributed by atoms with Gasteiger partial charge in [-0.15, -0.1) is 0 Å². The zero-order valence-corrected chi connectivity index (χ0v) is 11.2. The molecular formula is C12H16ClN5. The van der Waals surface area contributed by atoms with E-state index in [2.05, 4.69) is 27.3 Å². The summed E-state index contributed by atoms with van der Waals surface area (Å²) in [7, 11) is 0. The summed E-state index contributed by atoms with van der Waals surface area (Å²) in [4.78, 5) is 8.52. The summed E-state index contributed by atoms with van der Waals surface area (Å²) < 4.78 is 1.88. The maximum Gasteiger partial charge on any atom is 0.134 e. The monoisotopic (exact) mass is 265 g/mol. The summed E-state index contributed by atoms with van der Waals surface area (Å²) in [6, 6.07) is 3.85. The second kappa shape index (κ2) is 5.82. The Balaban J connectivity index is 2.02. The highest BCUT2D eigenvalue weighted by atomic mass is 35.5. The first kappa shape index (κ1) is 12.8. The molecule has 6 heteroatoms. The molecule has 2 aromatic rings. The smallest absolute Gasteiger partial charge is 0.134 e. The molecule has 0 spiro atoms. The van der Waals surface area contributed by atoms with Crippen LogP contribution in [0.4, 0.5) is 5.82 Å². The summed E-state index contributed by atoms with van der Waals surface area (Å²) in [5.74, 6) is 1.50. The molecule has 0 fully saturated rings. The summed E-state index contributed by atoms with van der Waals surface area (Å²) in [5.41, 5.74) is 0. The second-order valence-corrected chi connectivity index (χ2v) is 4.51. The number of rotatable bonds is 5. The van der Waals surface area contributed by atoms with Crippen molar-refractivity contribution >= 4 is 17.4 Å². The molecule has 0 aliphatic heterocycles. The zero-order valence-electron chi connectivity index (χ0n) is 10.5. The van der Waals surface area contributed by atoms with E-state index in [9.17, 15) is 0 Å². The van der Waals surface area contributed by atoms with E-state index in [4.69, 9.17) is 11.6 Å². The van der Waals surface area contributed by atoms with Gasteiger partial charge in [0.1, 0.15) is 16.8 Å². The van der Waals surface area contributed by atoms with Crippen molar-refractivity contribution in [3.05, 3.63) is 35.5 Å². The second-order valence-electron chi connectivity index (χ2n) is 4.12. The summed E-state index contributed by atoms with van der Waals surface area (Å²) in [6.45, 7) is 4.85. The first-order chi connectivity index (χ1) is 8.67.